The van der Waals surface area contributed by atoms with Crippen molar-refractivity contribution >= 4 is 16.7 Å². The Labute approximate surface area is 121 Å². The van der Waals surface area contributed by atoms with Crippen LogP contribution in [0, 0.1) is 0 Å². The standard InChI is InChI=1S/C16H15N3O2/c1-19-7-6-13(18-19)10-17-16(21)14-8-11-4-2-3-5-12(11)9-15(14)20/h2-9,20H,10H2,1H3,(H,17,21). The van der Waals surface area contributed by atoms with Gasteiger partial charge in [0.1, 0.15) is 5.75 Å². The molecule has 0 saturated heterocycles. The third kappa shape index (κ3) is 2.72. The number of hydrogen-bond donors (Lipinski definition) is 2. The zero-order chi connectivity index (χ0) is 14.8. The quantitative estimate of drug-likeness (QED) is 0.773. The normalized spacial score (nSPS) is 10.7. The number of amides is 1. The first-order chi connectivity index (χ1) is 10.1. The number of aryl methyl sites for hydroxylation is 1. The smallest absolute Gasteiger partial charge is 0.255 e. The average molecular weight is 281 g/mol. The second kappa shape index (κ2) is 5.28. The molecular weight excluding hydrogens is 266 g/mol. The zero-order valence-electron chi connectivity index (χ0n) is 11.6. The maximum absolute atomic E-state index is 12.2. The number of phenols is 1. The van der Waals surface area contributed by atoms with Crippen LogP contribution < -0.4 is 5.32 Å². The van der Waals surface area contributed by atoms with E-state index in [2.05, 4.69) is 10.4 Å². The highest BCUT2D eigenvalue weighted by atomic mass is 16.3. The summed E-state index contributed by atoms with van der Waals surface area (Å²) < 4.78 is 1.68. The van der Waals surface area contributed by atoms with E-state index in [1.165, 1.54) is 0 Å². The molecule has 0 bridgehead atoms. The molecule has 0 saturated carbocycles. The Bertz CT molecular complexity index is 808. The molecule has 2 N–H and O–H groups in total. The number of aromatic nitrogens is 2. The van der Waals surface area contributed by atoms with Crippen molar-refractivity contribution in [2.45, 2.75) is 6.54 Å². The Morgan fingerprint density at radius 1 is 1.24 bits per heavy atom. The van der Waals surface area contributed by atoms with E-state index in [0.29, 0.717) is 6.54 Å². The van der Waals surface area contributed by atoms with Gasteiger partial charge in [-0.25, -0.2) is 0 Å². The van der Waals surface area contributed by atoms with Gasteiger partial charge in [-0.2, -0.15) is 5.10 Å². The number of nitrogens with one attached hydrogen (secondary N) is 1. The number of carbonyl (C=O) groups excluding carboxylic acids is 1. The molecule has 0 atom stereocenters. The van der Waals surface area contributed by atoms with Gasteiger partial charge in [-0.05, 0) is 29.0 Å². The fourth-order valence-corrected chi connectivity index (χ4v) is 2.23. The monoisotopic (exact) mass is 281 g/mol. The van der Waals surface area contributed by atoms with Gasteiger partial charge in [-0.1, -0.05) is 24.3 Å². The summed E-state index contributed by atoms with van der Waals surface area (Å²) in [7, 11) is 1.82. The van der Waals surface area contributed by atoms with Crippen LogP contribution >= 0.6 is 0 Å². The Morgan fingerprint density at radius 3 is 2.62 bits per heavy atom. The van der Waals surface area contributed by atoms with Gasteiger partial charge in [0.15, 0.2) is 0 Å². The Balaban J connectivity index is 1.82. The molecule has 1 amide bonds. The maximum Gasteiger partial charge on any atom is 0.255 e. The highest BCUT2D eigenvalue weighted by molar-refractivity contribution is 6.01. The Morgan fingerprint density at radius 2 is 1.95 bits per heavy atom. The number of fused-ring (bicyclic) bond motifs is 1. The number of carbonyl (C=O) groups is 1. The first-order valence-electron chi connectivity index (χ1n) is 6.62. The van der Waals surface area contributed by atoms with Gasteiger partial charge < -0.3 is 10.4 Å². The third-order valence-corrected chi connectivity index (χ3v) is 3.31. The molecule has 0 spiro atoms. The van der Waals surface area contributed by atoms with Crippen molar-refractivity contribution in [2.24, 2.45) is 7.05 Å². The minimum atomic E-state index is -0.316. The van der Waals surface area contributed by atoms with Crippen LogP contribution in [-0.4, -0.2) is 20.8 Å². The number of benzene rings is 2. The second-order valence-corrected chi connectivity index (χ2v) is 4.88. The first kappa shape index (κ1) is 13.2. The van der Waals surface area contributed by atoms with Crippen LogP contribution in [0.15, 0.2) is 48.7 Å². The summed E-state index contributed by atoms with van der Waals surface area (Å²) in [6, 6.07) is 12.7. The number of aromatic hydroxyl groups is 1. The van der Waals surface area contributed by atoms with Crippen LogP contribution in [0.25, 0.3) is 10.8 Å². The summed E-state index contributed by atoms with van der Waals surface area (Å²) in [5.74, 6) is -0.337. The van der Waals surface area contributed by atoms with Crippen molar-refractivity contribution in [2.75, 3.05) is 0 Å². The predicted octanol–water partition coefficient (Wildman–Crippen LogP) is 2.21. The molecule has 0 unspecified atom stereocenters. The lowest BCUT2D eigenvalue weighted by molar-refractivity contribution is 0.0948. The van der Waals surface area contributed by atoms with Gasteiger partial charge >= 0.3 is 0 Å². The Kier molecular flexibility index (Phi) is 3.31. The highest BCUT2D eigenvalue weighted by Crippen LogP contribution is 2.24. The van der Waals surface area contributed by atoms with Crippen LogP contribution in [0.1, 0.15) is 16.1 Å². The maximum atomic E-state index is 12.2. The molecule has 1 aromatic heterocycles. The topological polar surface area (TPSA) is 67.2 Å². The number of hydrogen-bond acceptors (Lipinski definition) is 3. The molecule has 21 heavy (non-hydrogen) atoms. The van der Waals surface area contributed by atoms with E-state index in [0.717, 1.165) is 16.5 Å². The summed E-state index contributed by atoms with van der Waals surface area (Å²) >= 11 is 0. The van der Waals surface area contributed by atoms with E-state index in [1.54, 1.807) is 16.8 Å². The molecule has 1 heterocycles. The van der Waals surface area contributed by atoms with Gasteiger partial charge in [0.2, 0.25) is 0 Å². The molecule has 5 nitrogen and oxygen atoms in total. The molecule has 0 aliphatic heterocycles. The lowest BCUT2D eigenvalue weighted by Crippen LogP contribution is -2.23. The SMILES string of the molecule is Cn1ccc(CNC(=O)c2cc3ccccc3cc2O)n1. The van der Waals surface area contributed by atoms with Crippen LogP contribution in [0.3, 0.4) is 0 Å². The summed E-state index contributed by atoms with van der Waals surface area (Å²) in [6.07, 6.45) is 1.81. The van der Waals surface area contributed by atoms with E-state index in [4.69, 9.17) is 0 Å². The lowest BCUT2D eigenvalue weighted by Gasteiger charge is -2.07. The van der Waals surface area contributed by atoms with Crippen molar-refractivity contribution in [3.05, 3.63) is 59.9 Å². The fourth-order valence-electron chi connectivity index (χ4n) is 2.23. The first-order valence-corrected chi connectivity index (χ1v) is 6.62. The van der Waals surface area contributed by atoms with Crippen molar-refractivity contribution in [1.82, 2.24) is 15.1 Å². The summed E-state index contributed by atoms with van der Waals surface area (Å²) in [4.78, 5) is 12.2. The summed E-state index contributed by atoms with van der Waals surface area (Å²) in [5.41, 5.74) is 1.04. The van der Waals surface area contributed by atoms with Crippen LogP contribution in [0.2, 0.25) is 0 Å². The molecule has 0 aliphatic rings. The van der Waals surface area contributed by atoms with E-state index >= 15 is 0 Å². The van der Waals surface area contributed by atoms with Gasteiger partial charge in [-0.3, -0.25) is 9.48 Å². The lowest BCUT2D eigenvalue weighted by atomic mass is 10.1. The second-order valence-electron chi connectivity index (χ2n) is 4.88. The summed E-state index contributed by atoms with van der Waals surface area (Å²) in [5, 5.41) is 18.8. The molecule has 0 radical (unpaired) electrons. The Hall–Kier alpha value is -2.82. The van der Waals surface area contributed by atoms with Crippen LogP contribution in [0.4, 0.5) is 0 Å². The number of phenolic OH excluding ortho intramolecular Hbond substituents is 1. The average Bonchev–Trinajstić information content (AvgIpc) is 2.89. The summed E-state index contributed by atoms with van der Waals surface area (Å²) in [6.45, 7) is 0.325. The highest BCUT2D eigenvalue weighted by Gasteiger charge is 2.12. The molecule has 3 aromatic rings. The predicted molar refractivity (Wildman–Crippen MR) is 80.0 cm³/mol. The zero-order valence-corrected chi connectivity index (χ0v) is 11.6. The fraction of sp³-hybridized carbons (Fsp3) is 0.125. The molecule has 3 rings (SSSR count). The van der Waals surface area contributed by atoms with E-state index < -0.39 is 0 Å². The molecular formula is C16H15N3O2. The van der Waals surface area contributed by atoms with Crippen LogP contribution in [0.5, 0.6) is 5.75 Å². The van der Waals surface area contributed by atoms with Gasteiger partial charge in [0, 0.05) is 13.2 Å². The van der Waals surface area contributed by atoms with Crippen molar-refractivity contribution in [3.8, 4) is 5.75 Å². The van der Waals surface area contributed by atoms with Gasteiger partial charge in [0.05, 0.1) is 17.8 Å². The van der Waals surface area contributed by atoms with Crippen molar-refractivity contribution < 1.29 is 9.90 Å². The molecule has 2 aromatic carbocycles. The van der Waals surface area contributed by atoms with Gasteiger partial charge in [0.25, 0.3) is 5.91 Å². The van der Waals surface area contributed by atoms with Crippen molar-refractivity contribution in [3.63, 3.8) is 0 Å². The minimum Gasteiger partial charge on any atom is -0.507 e. The van der Waals surface area contributed by atoms with Crippen molar-refractivity contribution in [1.29, 1.82) is 0 Å². The molecule has 0 fully saturated rings. The molecule has 5 heteroatoms. The third-order valence-electron chi connectivity index (χ3n) is 3.31. The van der Waals surface area contributed by atoms with E-state index in [-0.39, 0.29) is 17.2 Å². The number of nitrogens with zero attached hydrogens (tertiary/aromatic N) is 2. The molecule has 106 valence electrons. The number of rotatable bonds is 3. The van der Waals surface area contributed by atoms with E-state index in [9.17, 15) is 9.90 Å². The van der Waals surface area contributed by atoms with Gasteiger partial charge in [-0.15, -0.1) is 0 Å². The molecule has 0 aliphatic carbocycles. The largest absolute Gasteiger partial charge is 0.507 e. The van der Waals surface area contributed by atoms with E-state index in [1.807, 2.05) is 43.6 Å². The van der Waals surface area contributed by atoms with Crippen LogP contribution in [-0.2, 0) is 13.6 Å². The minimum absolute atomic E-state index is 0.0211.